The maximum absolute atomic E-state index is 12.1. The van der Waals surface area contributed by atoms with Crippen molar-refractivity contribution < 1.29 is 4.79 Å². The highest BCUT2D eigenvalue weighted by atomic mass is 35.5. The van der Waals surface area contributed by atoms with Crippen molar-refractivity contribution in [3.8, 4) is 0 Å². The van der Waals surface area contributed by atoms with Crippen LogP contribution in [0.3, 0.4) is 0 Å². The number of carbonyl (C=O) groups excluding carboxylic acids is 1. The monoisotopic (exact) mass is 327 g/mol. The van der Waals surface area contributed by atoms with Crippen molar-refractivity contribution in [3.05, 3.63) is 65.5 Å². The van der Waals surface area contributed by atoms with Crippen LogP contribution in [0.15, 0.2) is 54.7 Å². The summed E-state index contributed by atoms with van der Waals surface area (Å²) in [5.41, 5.74) is 3.04. The van der Waals surface area contributed by atoms with Gasteiger partial charge in [0.2, 0.25) is 5.91 Å². The second-order valence-corrected chi connectivity index (χ2v) is 5.92. The molecule has 0 saturated heterocycles. The van der Waals surface area contributed by atoms with Crippen molar-refractivity contribution in [1.82, 2.24) is 9.88 Å². The molecule has 0 saturated carbocycles. The van der Waals surface area contributed by atoms with E-state index in [1.807, 2.05) is 24.4 Å². The van der Waals surface area contributed by atoms with E-state index in [-0.39, 0.29) is 5.91 Å². The van der Waals surface area contributed by atoms with E-state index in [1.165, 1.54) is 5.57 Å². The lowest BCUT2D eigenvalue weighted by Crippen LogP contribution is -2.36. The lowest BCUT2D eigenvalue weighted by molar-refractivity contribution is -0.117. The Hall–Kier alpha value is -2.17. The number of pyridine rings is 1. The number of halogens is 1. The predicted molar refractivity (Wildman–Crippen MR) is 93.4 cm³/mol. The summed E-state index contributed by atoms with van der Waals surface area (Å²) >= 11 is 5.84. The number of rotatable bonds is 4. The van der Waals surface area contributed by atoms with Gasteiger partial charge in [-0.2, -0.15) is 0 Å². The van der Waals surface area contributed by atoms with Crippen molar-refractivity contribution in [3.63, 3.8) is 0 Å². The molecule has 0 spiro atoms. The fraction of sp³-hybridized carbons (Fsp3) is 0.222. The average Bonchev–Trinajstić information content (AvgIpc) is 2.58. The first-order valence-corrected chi connectivity index (χ1v) is 7.97. The van der Waals surface area contributed by atoms with Gasteiger partial charge in [0.25, 0.3) is 0 Å². The molecule has 1 aliphatic heterocycles. The van der Waals surface area contributed by atoms with Gasteiger partial charge in [-0.05, 0) is 48.4 Å². The molecule has 118 valence electrons. The number of carbonyl (C=O) groups is 1. The number of benzene rings is 1. The second-order valence-electron chi connectivity index (χ2n) is 5.48. The normalized spacial score (nSPS) is 15.1. The van der Waals surface area contributed by atoms with Crippen LogP contribution in [0.5, 0.6) is 0 Å². The summed E-state index contributed by atoms with van der Waals surface area (Å²) in [6.45, 7) is 2.00. The zero-order chi connectivity index (χ0) is 16.1. The Kier molecular flexibility index (Phi) is 5.05. The highest BCUT2D eigenvalue weighted by molar-refractivity contribution is 6.30. The first-order valence-electron chi connectivity index (χ1n) is 7.59. The molecule has 0 fully saturated rings. The summed E-state index contributed by atoms with van der Waals surface area (Å²) in [5, 5.41) is 3.55. The fourth-order valence-corrected chi connectivity index (χ4v) is 2.70. The summed E-state index contributed by atoms with van der Waals surface area (Å²) < 4.78 is 0. The Morgan fingerprint density at radius 3 is 2.70 bits per heavy atom. The smallest absolute Gasteiger partial charge is 0.238 e. The maximum Gasteiger partial charge on any atom is 0.238 e. The molecule has 5 heteroatoms. The lowest BCUT2D eigenvalue weighted by atomic mass is 10.0. The van der Waals surface area contributed by atoms with Crippen molar-refractivity contribution in [2.45, 2.75) is 6.42 Å². The second kappa shape index (κ2) is 7.40. The molecule has 1 aromatic heterocycles. The SMILES string of the molecule is O=C(CN1CC=C(c2ccccn2)CC1)Nc1ccc(Cl)cc1. The molecule has 4 nitrogen and oxygen atoms in total. The van der Waals surface area contributed by atoms with Gasteiger partial charge in [-0.3, -0.25) is 14.7 Å². The Bertz CT molecular complexity index is 698. The zero-order valence-electron chi connectivity index (χ0n) is 12.7. The van der Waals surface area contributed by atoms with Crippen LogP contribution in [-0.4, -0.2) is 35.4 Å². The molecule has 2 aromatic rings. The number of nitrogens with one attached hydrogen (secondary N) is 1. The Labute approximate surface area is 140 Å². The minimum atomic E-state index is -0.0120. The molecular formula is C18H18ClN3O. The van der Waals surface area contributed by atoms with Gasteiger partial charge in [-0.25, -0.2) is 0 Å². The van der Waals surface area contributed by atoms with Crippen LogP contribution < -0.4 is 5.32 Å². The Morgan fingerprint density at radius 1 is 1.22 bits per heavy atom. The molecule has 0 radical (unpaired) electrons. The van der Waals surface area contributed by atoms with Gasteiger partial charge in [-0.15, -0.1) is 0 Å². The van der Waals surface area contributed by atoms with Gasteiger partial charge >= 0.3 is 0 Å². The molecule has 1 amide bonds. The van der Waals surface area contributed by atoms with Crippen LogP contribution in [0.4, 0.5) is 5.69 Å². The van der Waals surface area contributed by atoms with Crippen LogP contribution in [0.25, 0.3) is 5.57 Å². The third kappa shape index (κ3) is 4.41. The molecule has 0 unspecified atom stereocenters. The van der Waals surface area contributed by atoms with Gasteiger partial charge in [-0.1, -0.05) is 23.7 Å². The minimum absolute atomic E-state index is 0.0120. The Balaban J connectivity index is 1.53. The largest absolute Gasteiger partial charge is 0.325 e. The number of aromatic nitrogens is 1. The van der Waals surface area contributed by atoms with Crippen LogP contribution >= 0.6 is 11.6 Å². The summed E-state index contributed by atoms with van der Waals surface area (Å²) in [5.74, 6) is -0.0120. The van der Waals surface area contributed by atoms with E-state index in [2.05, 4.69) is 21.3 Å². The first-order chi connectivity index (χ1) is 11.2. The molecule has 2 heterocycles. The van der Waals surface area contributed by atoms with Crippen molar-refractivity contribution in [2.75, 3.05) is 25.0 Å². The summed E-state index contributed by atoms with van der Waals surface area (Å²) in [6, 6.07) is 13.1. The molecule has 0 atom stereocenters. The Morgan fingerprint density at radius 2 is 2.04 bits per heavy atom. The first kappa shape index (κ1) is 15.7. The van der Waals surface area contributed by atoms with Crippen molar-refractivity contribution >= 4 is 28.8 Å². The van der Waals surface area contributed by atoms with Gasteiger partial charge < -0.3 is 5.32 Å². The van der Waals surface area contributed by atoms with E-state index in [0.29, 0.717) is 11.6 Å². The molecule has 0 aliphatic carbocycles. The number of hydrogen-bond donors (Lipinski definition) is 1. The molecule has 1 aromatic carbocycles. The topological polar surface area (TPSA) is 45.2 Å². The van der Waals surface area contributed by atoms with Crippen LogP contribution in [0.2, 0.25) is 5.02 Å². The number of nitrogens with zero attached hydrogens (tertiary/aromatic N) is 2. The van der Waals surface area contributed by atoms with Crippen molar-refractivity contribution in [1.29, 1.82) is 0 Å². The third-order valence-corrected chi connectivity index (χ3v) is 4.03. The molecule has 0 bridgehead atoms. The molecule has 1 aliphatic rings. The highest BCUT2D eigenvalue weighted by Crippen LogP contribution is 2.20. The van der Waals surface area contributed by atoms with Gasteiger partial charge in [0.15, 0.2) is 0 Å². The maximum atomic E-state index is 12.1. The summed E-state index contributed by atoms with van der Waals surface area (Å²) in [6.07, 6.45) is 4.87. The van der Waals surface area contributed by atoms with Gasteiger partial charge in [0.1, 0.15) is 0 Å². The van der Waals surface area contributed by atoms with E-state index >= 15 is 0 Å². The quantitative estimate of drug-likeness (QED) is 0.935. The number of hydrogen-bond acceptors (Lipinski definition) is 3. The minimum Gasteiger partial charge on any atom is -0.325 e. The van der Waals surface area contributed by atoms with Crippen LogP contribution in [0.1, 0.15) is 12.1 Å². The highest BCUT2D eigenvalue weighted by Gasteiger charge is 2.16. The van der Waals surface area contributed by atoms with E-state index in [0.717, 1.165) is 30.9 Å². The fourth-order valence-electron chi connectivity index (χ4n) is 2.58. The summed E-state index contributed by atoms with van der Waals surface area (Å²) in [4.78, 5) is 18.6. The predicted octanol–water partition coefficient (Wildman–Crippen LogP) is 3.46. The van der Waals surface area contributed by atoms with Crippen molar-refractivity contribution in [2.24, 2.45) is 0 Å². The standard InChI is InChI=1S/C18H18ClN3O/c19-15-4-6-16(7-5-15)21-18(23)13-22-11-8-14(9-12-22)17-3-1-2-10-20-17/h1-8,10H,9,11-13H2,(H,21,23). The lowest BCUT2D eigenvalue weighted by Gasteiger charge is -2.25. The van der Waals surface area contributed by atoms with E-state index in [1.54, 1.807) is 24.3 Å². The molecule has 1 N–H and O–H groups in total. The zero-order valence-corrected chi connectivity index (χ0v) is 13.5. The number of amides is 1. The van der Waals surface area contributed by atoms with Crippen LogP contribution in [-0.2, 0) is 4.79 Å². The van der Waals surface area contributed by atoms with Gasteiger partial charge in [0, 0.05) is 30.0 Å². The third-order valence-electron chi connectivity index (χ3n) is 3.78. The van der Waals surface area contributed by atoms with E-state index < -0.39 is 0 Å². The molecular weight excluding hydrogens is 310 g/mol. The molecule has 23 heavy (non-hydrogen) atoms. The number of anilines is 1. The average molecular weight is 328 g/mol. The van der Waals surface area contributed by atoms with E-state index in [4.69, 9.17) is 11.6 Å². The molecule has 3 rings (SSSR count). The van der Waals surface area contributed by atoms with E-state index in [9.17, 15) is 4.79 Å². The van der Waals surface area contributed by atoms with Gasteiger partial charge in [0.05, 0.1) is 12.2 Å². The van der Waals surface area contributed by atoms with Crippen LogP contribution in [0, 0.1) is 0 Å². The summed E-state index contributed by atoms with van der Waals surface area (Å²) in [7, 11) is 0.